The topological polar surface area (TPSA) is 43.8 Å². The quantitative estimate of drug-likeness (QED) is 0.920. The molecule has 2 N–H and O–H groups in total. The molecule has 3 nitrogen and oxygen atoms in total. The first kappa shape index (κ1) is 13.3. The Hall–Kier alpha value is -1.35. The normalized spacial score (nSPS) is 21.2. The van der Waals surface area contributed by atoms with Gasteiger partial charge in [-0.1, -0.05) is 25.8 Å². The summed E-state index contributed by atoms with van der Waals surface area (Å²) >= 11 is 0. The highest BCUT2D eigenvalue weighted by Crippen LogP contribution is 2.48. The van der Waals surface area contributed by atoms with Crippen LogP contribution in [0, 0.1) is 0 Å². The maximum atomic E-state index is 5.80. The highest BCUT2D eigenvalue weighted by molar-refractivity contribution is 5.77. The van der Waals surface area contributed by atoms with Crippen molar-refractivity contribution in [3.8, 4) is 0 Å². The molecule has 21 heavy (non-hydrogen) atoms. The second-order valence-electron chi connectivity index (χ2n) is 6.90. The van der Waals surface area contributed by atoms with Gasteiger partial charge in [0.25, 0.3) is 0 Å². The van der Waals surface area contributed by atoms with Gasteiger partial charge in [-0.05, 0) is 49.8 Å². The Kier molecular flexibility index (Phi) is 3.07. The molecule has 2 aliphatic carbocycles. The summed E-state index contributed by atoms with van der Waals surface area (Å²) in [4.78, 5) is 5.11. The van der Waals surface area contributed by atoms with Crippen LogP contribution in [0.25, 0.3) is 11.0 Å². The minimum absolute atomic E-state index is 0.324. The molecular weight excluding hydrogens is 258 g/mol. The van der Waals surface area contributed by atoms with Gasteiger partial charge in [-0.15, -0.1) is 0 Å². The van der Waals surface area contributed by atoms with Crippen LogP contribution in [0.15, 0.2) is 18.2 Å². The van der Waals surface area contributed by atoms with Crippen molar-refractivity contribution in [1.29, 1.82) is 0 Å². The summed E-state index contributed by atoms with van der Waals surface area (Å²) in [6.07, 6.45) is 9.18. The van der Waals surface area contributed by atoms with Gasteiger partial charge in [0.1, 0.15) is 5.82 Å². The fourth-order valence-electron chi connectivity index (χ4n) is 4.13. The molecule has 2 fully saturated rings. The van der Waals surface area contributed by atoms with Crippen molar-refractivity contribution in [2.45, 2.75) is 69.9 Å². The molecule has 2 saturated carbocycles. The van der Waals surface area contributed by atoms with Crippen LogP contribution in [0.3, 0.4) is 0 Å². The lowest BCUT2D eigenvalue weighted by Gasteiger charge is -2.28. The number of nitrogens with two attached hydrogens (primary N) is 1. The Balaban J connectivity index is 1.92. The van der Waals surface area contributed by atoms with Crippen molar-refractivity contribution in [3.63, 3.8) is 0 Å². The van der Waals surface area contributed by atoms with Gasteiger partial charge in [-0.3, -0.25) is 0 Å². The molecular formula is C18H25N3. The third kappa shape index (κ3) is 2.02. The molecule has 0 aliphatic heterocycles. The molecule has 0 radical (unpaired) electrons. The zero-order valence-electron chi connectivity index (χ0n) is 12.9. The third-order valence-electron chi connectivity index (χ3n) is 5.61. The number of rotatable bonds is 4. The van der Waals surface area contributed by atoms with Crippen LogP contribution in [0.5, 0.6) is 0 Å². The van der Waals surface area contributed by atoms with Gasteiger partial charge in [0.05, 0.1) is 11.0 Å². The van der Waals surface area contributed by atoms with E-state index < -0.39 is 0 Å². The molecule has 112 valence electrons. The number of hydrogen-bond acceptors (Lipinski definition) is 2. The smallest absolute Gasteiger partial charge is 0.116 e. The molecule has 0 atom stereocenters. The number of hydrogen-bond donors (Lipinski definition) is 1. The van der Waals surface area contributed by atoms with E-state index in [1.165, 1.54) is 61.9 Å². The van der Waals surface area contributed by atoms with Gasteiger partial charge in [0, 0.05) is 18.0 Å². The number of fused-ring (bicyclic) bond motifs is 1. The van der Waals surface area contributed by atoms with E-state index in [2.05, 4.69) is 29.7 Å². The van der Waals surface area contributed by atoms with Gasteiger partial charge in [0.15, 0.2) is 0 Å². The van der Waals surface area contributed by atoms with E-state index in [0.717, 1.165) is 5.52 Å². The lowest BCUT2D eigenvalue weighted by molar-refractivity contribution is 0.382. The Labute approximate surface area is 126 Å². The van der Waals surface area contributed by atoms with Gasteiger partial charge >= 0.3 is 0 Å². The van der Waals surface area contributed by atoms with Gasteiger partial charge in [-0.2, -0.15) is 0 Å². The minimum Gasteiger partial charge on any atom is -0.326 e. The minimum atomic E-state index is 0.324. The molecule has 0 unspecified atom stereocenters. The van der Waals surface area contributed by atoms with Crippen LogP contribution in [-0.2, 0) is 12.0 Å². The summed E-state index contributed by atoms with van der Waals surface area (Å²) in [6.45, 7) is 2.94. The van der Waals surface area contributed by atoms with E-state index in [1.54, 1.807) is 0 Å². The lowest BCUT2D eigenvalue weighted by atomic mass is 9.82. The summed E-state index contributed by atoms with van der Waals surface area (Å²) in [5.41, 5.74) is 9.78. The van der Waals surface area contributed by atoms with Crippen molar-refractivity contribution in [3.05, 3.63) is 29.6 Å². The van der Waals surface area contributed by atoms with Crippen LogP contribution in [-0.4, -0.2) is 9.55 Å². The zero-order valence-corrected chi connectivity index (χ0v) is 12.9. The second kappa shape index (κ2) is 4.84. The van der Waals surface area contributed by atoms with Crippen molar-refractivity contribution in [1.82, 2.24) is 9.55 Å². The monoisotopic (exact) mass is 283 g/mol. The molecule has 0 saturated heterocycles. The molecule has 4 rings (SSSR count). The Bertz CT molecular complexity index is 660. The maximum Gasteiger partial charge on any atom is 0.116 e. The summed E-state index contributed by atoms with van der Waals surface area (Å²) in [6, 6.07) is 7.29. The molecule has 0 amide bonds. The summed E-state index contributed by atoms with van der Waals surface area (Å²) < 4.78 is 2.57. The summed E-state index contributed by atoms with van der Waals surface area (Å²) in [5, 5.41) is 0. The zero-order chi connectivity index (χ0) is 14.4. The predicted molar refractivity (Wildman–Crippen MR) is 86.3 cm³/mol. The molecule has 1 aromatic heterocycles. The predicted octanol–water partition coefficient (Wildman–Crippen LogP) is 4.05. The third-order valence-corrected chi connectivity index (χ3v) is 5.61. The van der Waals surface area contributed by atoms with Crippen molar-refractivity contribution in [2.75, 3.05) is 0 Å². The molecule has 0 spiro atoms. The van der Waals surface area contributed by atoms with Gasteiger partial charge in [-0.25, -0.2) is 4.98 Å². The van der Waals surface area contributed by atoms with E-state index >= 15 is 0 Å². The molecule has 2 aromatic rings. The molecule has 1 heterocycles. The van der Waals surface area contributed by atoms with E-state index in [1.807, 2.05) is 0 Å². The van der Waals surface area contributed by atoms with Gasteiger partial charge in [0.2, 0.25) is 0 Å². The molecule has 0 bridgehead atoms. The first-order valence-electron chi connectivity index (χ1n) is 8.49. The van der Waals surface area contributed by atoms with Crippen molar-refractivity contribution in [2.24, 2.45) is 5.73 Å². The van der Waals surface area contributed by atoms with E-state index in [9.17, 15) is 0 Å². The van der Waals surface area contributed by atoms with Crippen LogP contribution in [0.1, 0.15) is 69.3 Å². The second-order valence-corrected chi connectivity index (χ2v) is 6.90. The standard InChI is InChI=1S/C18H25N3/c1-2-18(9-3-4-10-18)17-20-15-11-13(12-19)5-8-16(15)21(17)14-6-7-14/h5,8,11,14H,2-4,6-7,9-10,12,19H2,1H3. The Morgan fingerprint density at radius 2 is 2.05 bits per heavy atom. The maximum absolute atomic E-state index is 5.80. The Morgan fingerprint density at radius 3 is 2.67 bits per heavy atom. The molecule has 2 aliphatic rings. The van der Waals surface area contributed by atoms with E-state index in [-0.39, 0.29) is 0 Å². The highest BCUT2D eigenvalue weighted by Gasteiger charge is 2.41. The number of benzene rings is 1. The molecule has 3 heteroatoms. The Morgan fingerprint density at radius 1 is 1.29 bits per heavy atom. The highest BCUT2D eigenvalue weighted by atomic mass is 15.1. The summed E-state index contributed by atoms with van der Waals surface area (Å²) in [5.74, 6) is 1.37. The lowest BCUT2D eigenvalue weighted by Crippen LogP contribution is -2.25. The fourth-order valence-corrected chi connectivity index (χ4v) is 4.13. The average Bonchev–Trinajstić information content (AvgIpc) is 3.12. The first-order valence-corrected chi connectivity index (χ1v) is 8.49. The molecule has 1 aromatic carbocycles. The largest absolute Gasteiger partial charge is 0.326 e. The van der Waals surface area contributed by atoms with Crippen molar-refractivity contribution >= 4 is 11.0 Å². The van der Waals surface area contributed by atoms with Crippen LogP contribution < -0.4 is 5.73 Å². The number of nitrogens with zero attached hydrogens (tertiary/aromatic N) is 2. The SMILES string of the molecule is CCC1(c2nc3cc(CN)ccc3n2C2CC2)CCCC1. The van der Waals surface area contributed by atoms with E-state index in [0.29, 0.717) is 18.0 Å². The van der Waals surface area contributed by atoms with Crippen LogP contribution >= 0.6 is 0 Å². The fraction of sp³-hybridized carbons (Fsp3) is 0.611. The summed E-state index contributed by atoms with van der Waals surface area (Å²) in [7, 11) is 0. The first-order chi connectivity index (χ1) is 10.3. The number of aromatic nitrogens is 2. The van der Waals surface area contributed by atoms with Gasteiger partial charge < -0.3 is 10.3 Å². The van der Waals surface area contributed by atoms with Crippen molar-refractivity contribution < 1.29 is 0 Å². The van der Waals surface area contributed by atoms with Crippen LogP contribution in [0.2, 0.25) is 0 Å². The number of imidazole rings is 1. The van der Waals surface area contributed by atoms with Crippen LogP contribution in [0.4, 0.5) is 0 Å². The average molecular weight is 283 g/mol. The van der Waals surface area contributed by atoms with E-state index in [4.69, 9.17) is 10.7 Å².